The quantitative estimate of drug-likeness (QED) is 0.360. The Morgan fingerprint density at radius 2 is 1.78 bits per heavy atom. The van der Waals surface area contributed by atoms with Gasteiger partial charge in [0.1, 0.15) is 5.76 Å². The van der Waals surface area contributed by atoms with Gasteiger partial charge in [0, 0.05) is 39.1 Å². The molecule has 0 unspecified atom stereocenters. The van der Waals surface area contributed by atoms with Crippen LogP contribution in [0.1, 0.15) is 37.5 Å². The van der Waals surface area contributed by atoms with Crippen LogP contribution in [-0.4, -0.2) is 93.2 Å². The number of hydrogen-bond donors (Lipinski definition) is 0. The van der Waals surface area contributed by atoms with Gasteiger partial charge in [-0.3, -0.25) is 14.5 Å². The molecule has 0 radical (unpaired) electrons. The van der Waals surface area contributed by atoms with Gasteiger partial charge in [-0.15, -0.1) is 0 Å². The predicted octanol–water partition coefficient (Wildman–Crippen LogP) is 3.22. The Morgan fingerprint density at radius 1 is 1.00 bits per heavy atom. The van der Waals surface area contributed by atoms with E-state index in [1.807, 2.05) is 30.3 Å². The Hall–Kier alpha value is -3.04. The first-order valence-corrected chi connectivity index (χ1v) is 13.1. The summed E-state index contributed by atoms with van der Waals surface area (Å²) in [5.41, 5.74) is 1.03. The van der Waals surface area contributed by atoms with Crippen molar-refractivity contribution >= 4 is 11.8 Å². The van der Waals surface area contributed by atoms with E-state index in [1.54, 1.807) is 30.3 Å². The predicted molar refractivity (Wildman–Crippen MR) is 141 cm³/mol. The third-order valence-corrected chi connectivity index (χ3v) is 6.61. The first-order valence-electron chi connectivity index (χ1n) is 13.1. The molecule has 0 aliphatic carbocycles. The number of methoxy groups -OCH3 is 2. The van der Waals surface area contributed by atoms with Crippen molar-refractivity contribution in [3.8, 4) is 11.5 Å². The van der Waals surface area contributed by atoms with Crippen molar-refractivity contribution in [1.29, 1.82) is 0 Å². The molecule has 1 saturated heterocycles. The van der Waals surface area contributed by atoms with Gasteiger partial charge in [-0.1, -0.05) is 19.4 Å². The van der Waals surface area contributed by atoms with Crippen LogP contribution in [-0.2, 0) is 27.3 Å². The van der Waals surface area contributed by atoms with Gasteiger partial charge in [-0.25, -0.2) is 0 Å². The number of ether oxygens (including phenoxy) is 3. The fourth-order valence-corrected chi connectivity index (χ4v) is 4.31. The molecule has 0 N–H and O–H groups in total. The average molecular weight is 516 g/mol. The normalized spacial score (nSPS) is 13.8. The topological polar surface area (TPSA) is 84.7 Å². The van der Waals surface area contributed by atoms with Crippen molar-refractivity contribution in [3.63, 3.8) is 0 Å². The summed E-state index contributed by atoms with van der Waals surface area (Å²) in [6.45, 7) is 7.31. The highest BCUT2D eigenvalue weighted by Crippen LogP contribution is 2.27. The number of carbonyl (C=O) groups excluding carboxylic acids is 2. The van der Waals surface area contributed by atoms with E-state index in [9.17, 15) is 9.59 Å². The van der Waals surface area contributed by atoms with Crippen molar-refractivity contribution in [1.82, 2.24) is 14.7 Å². The van der Waals surface area contributed by atoms with E-state index in [2.05, 4.69) is 11.8 Å². The summed E-state index contributed by atoms with van der Waals surface area (Å²) < 4.78 is 21.7. The van der Waals surface area contributed by atoms with Gasteiger partial charge in [0.15, 0.2) is 11.5 Å². The monoisotopic (exact) mass is 515 g/mol. The fraction of sp³-hybridized carbons (Fsp3) is 0.571. The smallest absolute Gasteiger partial charge is 0.242 e. The standard InChI is InChI=1S/C28H41N3O6/c1-4-5-8-27(32)31(14-13-29-15-18-36-19-16-29)22-28(33)30(21-24-7-6-17-37-24)12-11-23-9-10-25(34-2)26(20-23)35-3/h6-7,9-10,17,20H,4-5,8,11-16,18-19,21-22H2,1-3H3. The molecule has 1 aromatic heterocycles. The van der Waals surface area contributed by atoms with Crippen LogP contribution in [0.4, 0.5) is 0 Å². The number of carbonyl (C=O) groups is 2. The third kappa shape index (κ3) is 9.09. The van der Waals surface area contributed by atoms with E-state index in [0.29, 0.717) is 62.9 Å². The summed E-state index contributed by atoms with van der Waals surface area (Å²) in [7, 11) is 3.21. The molecule has 2 heterocycles. The molecule has 2 aromatic rings. The lowest BCUT2D eigenvalue weighted by molar-refractivity contribution is -0.141. The Bertz CT molecular complexity index is 959. The van der Waals surface area contributed by atoms with Crippen molar-refractivity contribution in [2.24, 2.45) is 0 Å². The molecule has 1 fully saturated rings. The lowest BCUT2D eigenvalue weighted by atomic mass is 10.1. The summed E-state index contributed by atoms with van der Waals surface area (Å²) in [4.78, 5) is 32.4. The number of benzene rings is 1. The Balaban J connectivity index is 1.69. The van der Waals surface area contributed by atoms with E-state index in [1.165, 1.54) is 0 Å². The third-order valence-electron chi connectivity index (χ3n) is 6.61. The number of hydrogen-bond acceptors (Lipinski definition) is 7. The van der Waals surface area contributed by atoms with Gasteiger partial charge in [0.05, 0.1) is 46.8 Å². The minimum absolute atomic E-state index is 0.0290. The molecule has 0 atom stereocenters. The van der Waals surface area contributed by atoms with Gasteiger partial charge in [-0.2, -0.15) is 0 Å². The summed E-state index contributed by atoms with van der Waals surface area (Å²) in [5, 5.41) is 0. The molecule has 0 saturated carbocycles. The number of nitrogens with zero attached hydrogens (tertiary/aromatic N) is 3. The number of morpholine rings is 1. The van der Waals surface area contributed by atoms with Crippen LogP contribution in [0, 0.1) is 0 Å². The molecule has 1 aliphatic heterocycles. The second-order valence-corrected chi connectivity index (χ2v) is 9.21. The van der Waals surface area contributed by atoms with Gasteiger partial charge in [0.25, 0.3) is 0 Å². The van der Waals surface area contributed by atoms with Gasteiger partial charge >= 0.3 is 0 Å². The van der Waals surface area contributed by atoms with Crippen LogP contribution in [0.2, 0.25) is 0 Å². The zero-order valence-electron chi connectivity index (χ0n) is 22.4. The summed E-state index contributed by atoms with van der Waals surface area (Å²) in [6.07, 6.45) is 4.44. The minimum atomic E-state index is -0.0938. The van der Waals surface area contributed by atoms with Crippen LogP contribution in [0.15, 0.2) is 41.0 Å². The van der Waals surface area contributed by atoms with Crippen LogP contribution in [0.3, 0.4) is 0 Å². The maximum Gasteiger partial charge on any atom is 0.242 e. The summed E-state index contributed by atoms with van der Waals surface area (Å²) >= 11 is 0. The van der Waals surface area contributed by atoms with Crippen LogP contribution >= 0.6 is 0 Å². The van der Waals surface area contributed by atoms with E-state index in [-0.39, 0.29) is 18.4 Å². The molecule has 0 spiro atoms. The number of furan rings is 1. The van der Waals surface area contributed by atoms with Gasteiger partial charge < -0.3 is 28.4 Å². The highest BCUT2D eigenvalue weighted by Gasteiger charge is 2.23. The van der Waals surface area contributed by atoms with Crippen molar-refractivity contribution < 1.29 is 28.2 Å². The van der Waals surface area contributed by atoms with Crippen LogP contribution < -0.4 is 9.47 Å². The molecule has 1 aliphatic rings. The maximum absolute atomic E-state index is 13.6. The molecule has 9 heteroatoms. The SMILES string of the molecule is CCCCC(=O)N(CCN1CCOCC1)CC(=O)N(CCc1ccc(OC)c(OC)c1)Cc1ccco1. The number of amides is 2. The highest BCUT2D eigenvalue weighted by molar-refractivity contribution is 5.84. The first-order chi connectivity index (χ1) is 18.0. The van der Waals surface area contributed by atoms with E-state index in [4.69, 9.17) is 18.6 Å². The molecule has 37 heavy (non-hydrogen) atoms. The fourth-order valence-electron chi connectivity index (χ4n) is 4.31. The number of unbranched alkanes of at least 4 members (excludes halogenated alkanes) is 1. The summed E-state index contributed by atoms with van der Waals surface area (Å²) in [6, 6.07) is 9.44. The molecule has 0 bridgehead atoms. The van der Waals surface area contributed by atoms with Crippen molar-refractivity contribution in [2.45, 2.75) is 39.2 Å². The zero-order chi connectivity index (χ0) is 26.5. The van der Waals surface area contributed by atoms with Gasteiger partial charge in [0.2, 0.25) is 11.8 Å². The maximum atomic E-state index is 13.6. The Morgan fingerprint density at radius 3 is 2.46 bits per heavy atom. The Kier molecular flexibility index (Phi) is 11.8. The second-order valence-electron chi connectivity index (χ2n) is 9.21. The lowest BCUT2D eigenvalue weighted by Crippen LogP contribution is -2.47. The number of rotatable bonds is 15. The highest BCUT2D eigenvalue weighted by atomic mass is 16.5. The van der Waals surface area contributed by atoms with E-state index in [0.717, 1.165) is 38.0 Å². The zero-order valence-corrected chi connectivity index (χ0v) is 22.4. The van der Waals surface area contributed by atoms with E-state index >= 15 is 0 Å². The largest absolute Gasteiger partial charge is 0.493 e. The molecule has 3 rings (SSSR count). The molecular weight excluding hydrogens is 474 g/mol. The average Bonchev–Trinajstić information content (AvgIpc) is 3.45. The van der Waals surface area contributed by atoms with E-state index < -0.39 is 0 Å². The molecule has 2 amide bonds. The van der Waals surface area contributed by atoms with Crippen molar-refractivity contribution in [3.05, 3.63) is 47.9 Å². The first kappa shape index (κ1) is 28.5. The van der Waals surface area contributed by atoms with Gasteiger partial charge in [-0.05, 0) is 42.7 Å². The van der Waals surface area contributed by atoms with Crippen LogP contribution in [0.5, 0.6) is 11.5 Å². The molecular formula is C28H41N3O6. The molecule has 1 aromatic carbocycles. The molecule has 9 nitrogen and oxygen atoms in total. The lowest BCUT2D eigenvalue weighted by Gasteiger charge is -2.31. The summed E-state index contributed by atoms with van der Waals surface area (Å²) in [5.74, 6) is 1.96. The Labute approximate surface area is 220 Å². The molecule has 204 valence electrons. The van der Waals surface area contributed by atoms with Crippen LogP contribution in [0.25, 0.3) is 0 Å². The second kappa shape index (κ2) is 15.3. The minimum Gasteiger partial charge on any atom is -0.493 e. The van der Waals surface area contributed by atoms with Crippen molar-refractivity contribution in [2.75, 3.05) is 66.7 Å².